The Bertz CT molecular complexity index is 481. The van der Waals surface area contributed by atoms with Gasteiger partial charge in [0.05, 0.1) is 13.2 Å². The minimum absolute atomic E-state index is 0.286. The Morgan fingerprint density at radius 2 is 1.03 bits per heavy atom. The van der Waals surface area contributed by atoms with Crippen molar-refractivity contribution in [3.63, 3.8) is 0 Å². The zero-order valence-electron chi connectivity index (χ0n) is 23.4. The lowest BCUT2D eigenvalue weighted by Gasteiger charge is -2.27. The molecule has 202 valence electrons. The fourth-order valence-electron chi connectivity index (χ4n) is 4.13. The number of rotatable bonds is 23. The number of unbranched alkanes of at least 4 members (excludes halogenated alkanes) is 15. The Kier molecular flexibility index (Phi) is 22.6. The molecule has 0 aliphatic heterocycles. The summed E-state index contributed by atoms with van der Waals surface area (Å²) < 4.78 is 10.8. The highest BCUT2D eigenvalue weighted by Gasteiger charge is 2.29. The summed E-state index contributed by atoms with van der Waals surface area (Å²) in [6, 6.07) is -0.578. The maximum atomic E-state index is 12.6. The minimum atomic E-state index is -0.578. The van der Waals surface area contributed by atoms with E-state index in [1.807, 2.05) is 13.8 Å². The number of carbonyl (C=O) groups excluding carboxylic acids is 2. The van der Waals surface area contributed by atoms with Crippen LogP contribution in [0.5, 0.6) is 0 Å². The lowest BCUT2D eigenvalue weighted by Crippen LogP contribution is -2.44. The molecule has 5 nitrogen and oxygen atoms in total. The first-order valence-corrected chi connectivity index (χ1v) is 14.5. The molecule has 0 aromatic rings. The number of hydrogen-bond donors (Lipinski definition) is 0. The number of ether oxygens (including phenoxy) is 2. The third kappa shape index (κ3) is 19.1. The van der Waals surface area contributed by atoms with Gasteiger partial charge in [-0.1, -0.05) is 124 Å². The normalized spacial score (nSPS) is 12.1. The van der Waals surface area contributed by atoms with Gasteiger partial charge in [-0.2, -0.15) is 0 Å². The van der Waals surface area contributed by atoms with E-state index in [9.17, 15) is 9.59 Å². The highest BCUT2D eigenvalue weighted by molar-refractivity contribution is 5.81. The molecular weight excluding hydrogens is 426 g/mol. The predicted octanol–water partition coefficient (Wildman–Crippen LogP) is 8.68. The number of likely N-dealkylation sites (N-methyl/N-ethyl adjacent to an activating group) is 1. The first-order valence-electron chi connectivity index (χ1n) is 14.5. The smallest absolute Gasteiger partial charge is 0.410 e. The Morgan fingerprint density at radius 1 is 0.618 bits per heavy atom. The van der Waals surface area contributed by atoms with E-state index in [2.05, 4.69) is 13.8 Å². The lowest BCUT2D eigenvalue weighted by molar-refractivity contribution is -0.149. The molecule has 0 saturated carbocycles. The Morgan fingerprint density at radius 3 is 1.47 bits per heavy atom. The largest absolute Gasteiger partial charge is 0.464 e. The van der Waals surface area contributed by atoms with E-state index in [1.54, 1.807) is 7.05 Å². The average molecular weight is 484 g/mol. The van der Waals surface area contributed by atoms with Crippen molar-refractivity contribution in [3.8, 4) is 0 Å². The number of hydrogen-bond acceptors (Lipinski definition) is 4. The monoisotopic (exact) mass is 483 g/mol. The van der Waals surface area contributed by atoms with Gasteiger partial charge in [-0.25, -0.2) is 9.59 Å². The Balaban J connectivity index is 3.82. The molecule has 0 saturated heterocycles. The third-order valence-electron chi connectivity index (χ3n) is 6.44. The van der Waals surface area contributed by atoms with Crippen molar-refractivity contribution >= 4 is 12.1 Å². The summed E-state index contributed by atoms with van der Waals surface area (Å²) in [4.78, 5) is 26.3. The Labute approximate surface area is 211 Å². The standard InChI is InChI=1S/C29H57NO4/c1-6-8-10-11-12-13-14-15-16-17-18-19-20-21-22-24-33-28(31)27(25-26(3)4)30(5)29(32)34-23-9-7-2/h26-27H,6-25H2,1-5H3. The van der Waals surface area contributed by atoms with Crippen LogP contribution in [0.1, 0.15) is 143 Å². The molecule has 0 N–H and O–H groups in total. The van der Waals surface area contributed by atoms with Crippen LogP contribution in [0.2, 0.25) is 0 Å². The van der Waals surface area contributed by atoms with Crippen molar-refractivity contribution < 1.29 is 19.1 Å². The fourth-order valence-corrected chi connectivity index (χ4v) is 4.13. The number of nitrogens with zero attached hydrogens (tertiary/aromatic N) is 1. The zero-order chi connectivity index (χ0) is 25.4. The van der Waals surface area contributed by atoms with Gasteiger partial charge in [-0.05, 0) is 25.2 Å². The summed E-state index contributed by atoms with van der Waals surface area (Å²) >= 11 is 0. The SMILES string of the molecule is CCCCCCCCCCCCCCCCCOC(=O)C(CC(C)C)N(C)C(=O)OCCCC. The van der Waals surface area contributed by atoms with Crippen molar-refractivity contribution in [2.45, 2.75) is 149 Å². The topological polar surface area (TPSA) is 55.8 Å². The van der Waals surface area contributed by atoms with Crippen molar-refractivity contribution in [2.24, 2.45) is 5.92 Å². The molecule has 0 aliphatic rings. The van der Waals surface area contributed by atoms with Crippen molar-refractivity contribution in [3.05, 3.63) is 0 Å². The molecule has 0 fully saturated rings. The molecular formula is C29H57NO4. The van der Waals surface area contributed by atoms with Gasteiger partial charge >= 0.3 is 12.1 Å². The summed E-state index contributed by atoms with van der Waals surface area (Å²) in [6.07, 6.45) is 21.6. The first kappa shape index (κ1) is 32.7. The molecule has 0 radical (unpaired) electrons. The van der Waals surface area contributed by atoms with Crippen LogP contribution in [0.4, 0.5) is 4.79 Å². The van der Waals surface area contributed by atoms with Crippen molar-refractivity contribution in [1.29, 1.82) is 0 Å². The highest BCUT2D eigenvalue weighted by Crippen LogP contribution is 2.15. The summed E-state index contributed by atoms with van der Waals surface area (Å²) in [5, 5.41) is 0. The molecule has 0 spiro atoms. The molecule has 1 amide bonds. The summed E-state index contributed by atoms with van der Waals surface area (Å²) in [6.45, 7) is 9.24. The van der Waals surface area contributed by atoms with Crippen LogP contribution in [0, 0.1) is 5.92 Å². The number of amides is 1. The van der Waals surface area contributed by atoms with E-state index in [0.717, 1.165) is 25.7 Å². The molecule has 1 atom stereocenters. The lowest BCUT2D eigenvalue weighted by atomic mass is 10.0. The van der Waals surface area contributed by atoms with E-state index < -0.39 is 12.1 Å². The maximum Gasteiger partial charge on any atom is 0.410 e. The first-order chi connectivity index (χ1) is 16.4. The molecule has 0 bridgehead atoms. The number of carbonyl (C=O) groups is 2. The molecule has 0 aromatic heterocycles. The summed E-state index contributed by atoms with van der Waals surface area (Å²) in [5.74, 6) is -0.0248. The van der Waals surface area contributed by atoms with E-state index >= 15 is 0 Å². The van der Waals surface area contributed by atoms with Gasteiger partial charge in [-0.15, -0.1) is 0 Å². The zero-order valence-corrected chi connectivity index (χ0v) is 23.4. The third-order valence-corrected chi connectivity index (χ3v) is 6.44. The second kappa shape index (κ2) is 23.5. The molecule has 5 heteroatoms. The second-order valence-corrected chi connectivity index (χ2v) is 10.3. The maximum absolute atomic E-state index is 12.6. The molecule has 0 aromatic carbocycles. The van der Waals surface area contributed by atoms with Crippen LogP contribution >= 0.6 is 0 Å². The van der Waals surface area contributed by atoms with Crippen LogP contribution in [0.15, 0.2) is 0 Å². The van der Waals surface area contributed by atoms with E-state index in [4.69, 9.17) is 9.47 Å². The molecule has 0 rings (SSSR count). The predicted molar refractivity (Wildman–Crippen MR) is 143 cm³/mol. The van der Waals surface area contributed by atoms with Crippen LogP contribution in [-0.2, 0) is 14.3 Å². The van der Waals surface area contributed by atoms with Crippen LogP contribution < -0.4 is 0 Å². The summed E-state index contributed by atoms with van der Waals surface area (Å²) in [7, 11) is 1.64. The summed E-state index contributed by atoms with van der Waals surface area (Å²) in [5.41, 5.74) is 0. The second-order valence-electron chi connectivity index (χ2n) is 10.3. The van der Waals surface area contributed by atoms with E-state index in [0.29, 0.717) is 19.6 Å². The number of esters is 1. The molecule has 0 aliphatic carbocycles. The van der Waals surface area contributed by atoms with E-state index in [1.165, 1.54) is 88.4 Å². The Hall–Kier alpha value is -1.26. The van der Waals surface area contributed by atoms with Gasteiger partial charge in [0.25, 0.3) is 0 Å². The average Bonchev–Trinajstić information content (AvgIpc) is 2.81. The van der Waals surface area contributed by atoms with E-state index in [-0.39, 0.29) is 11.9 Å². The van der Waals surface area contributed by atoms with Crippen LogP contribution in [0.3, 0.4) is 0 Å². The van der Waals surface area contributed by atoms with Crippen molar-refractivity contribution in [1.82, 2.24) is 4.90 Å². The minimum Gasteiger partial charge on any atom is -0.464 e. The van der Waals surface area contributed by atoms with Gasteiger partial charge in [0.1, 0.15) is 6.04 Å². The van der Waals surface area contributed by atoms with Gasteiger partial charge in [0.15, 0.2) is 0 Å². The van der Waals surface area contributed by atoms with Crippen molar-refractivity contribution in [2.75, 3.05) is 20.3 Å². The molecule has 34 heavy (non-hydrogen) atoms. The molecule has 0 heterocycles. The van der Waals surface area contributed by atoms with Gasteiger partial charge in [-0.3, -0.25) is 4.90 Å². The quantitative estimate of drug-likeness (QED) is 0.108. The van der Waals surface area contributed by atoms with Gasteiger partial charge in [0, 0.05) is 7.05 Å². The fraction of sp³-hybridized carbons (Fsp3) is 0.931. The van der Waals surface area contributed by atoms with Gasteiger partial charge in [0.2, 0.25) is 0 Å². The highest BCUT2D eigenvalue weighted by atomic mass is 16.6. The van der Waals surface area contributed by atoms with Crippen LogP contribution in [0.25, 0.3) is 0 Å². The van der Waals surface area contributed by atoms with Gasteiger partial charge < -0.3 is 9.47 Å². The molecule has 1 unspecified atom stereocenters. The van der Waals surface area contributed by atoms with Crippen LogP contribution in [-0.4, -0.2) is 43.3 Å².